The number of hydrogen-bond donors (Lipinski definition) is 2. The molecule has 0 saturated carbocycles. The van der Waals surface area contributed by atoms with Crippen LogP contribution >= 0.6 is 27.3 Å². The van der Waals surface area contributed by atoms with Crippen molar-refractivity contribution in [2.24, 2.45) is 0 Å². The van der Waals surface area contributed by atoms with Crippen LogP contribution in [0.2, 0.25) is 0 Å². The molecule has 1 aromatic carbocycles. The van der Waals surface area contributed by atoms with Crippen molar-refractivity contribution in [1.82, 2.24) is 20.4 Å². The first-order valence-electron chi connectivity index (χ1n) is 9.03. The fourth-order valence-corrected chi connectivity index (χ4v) is 4.36. The normalized spacial score (nSPS) is 13.2. The second-order valence-electron chi connectivity index (χ2n) is 6.61. The topological polar surface area (TPSA) is 78.1 Å². The Morgan fingerprint density at radius 2 is 2.07 bits per heavy atom. The van der Waals surface area contributed by atoms with Crippen molar-refractivity contribution in [3.63, 3.8) is 0 Å². The third-order valence-electron chi connectivity index (χ3n) is 4.75. The van der Waals surface area contributed by atoms with E-state index in [2.05, 4.69) is 42.9 Å². The third-order valence-corrected chi connectivity index (χ3v) is 6.30. The predicted octanol–water partition coefficient (Wildman–Crippen LogP) is 3.61. The van der Waals surface area contributed by atoms with Crippen molar-refractivity contribution in [3.8, 4) is 11.3 Å². The summed E-state index contributed by atoms with van der Waals surface area (Å²) in [6.07, 6.45) is 1.21. The van der Waals surface area contributed by atoms with Gasteiger partial charge in [-0.1, -0.05) is 28.1 Å². The number of carbonyl (C=O) groups excluding carboxylic acids is 2. The fourth-order valence-electron chi connectivity index (χ4n) is 3.20. The largest absolute Gasteiger partial charge is 0.350 e. The van der Waals surface area contributed by atoms with Crippen molar-refractivity contribution in [1.29, 1.82) is 0 Å². The SMILES string of the molecule is O=C(NCCC(=O)N1CCc2sccc2C1)c1cc(-c2ccc(Br)cc2)n[nH]1. The summed E-state index contributed by atoms with van der Waals surface area (Å²) < 4.78 is 0.985. The maximum absolute atomic E-state index is 12.4. The number of aromatic amines is 1. The van der Waals surface area contributed by atoms with Gasteiger partial charge in [0.2, 0.25) is 5.91 Å². The molecule has 2 aromatic heterocycles. The number of carbonyl (C=O) groups is 2. The van der Waals surface area contributed by atoms with Gasteiger partial charge >= 0.3 is 0 Å². The van der Waals surface area contributed by atoms with E-state index in [0.717, 1.165) is 23.0 Å². The highest BCUT2D eigenvalue weighted by atomic mass is 79.9. The lowest BCUT2D eigenvalue weighted by Gasteiger charge is -2.27. The molecule has 0 fully saturated rings. The molecule has 0 unspecified atom stereocenters. The highest BCUT2D eigenvalue weighted by Crippen LogP contribution is 2.24. The van der Waals surface area contributed by atoms with E-state index in [0.29, 0.717) is 30.9 Å². The van der Waals surface area contributed by atoms with E-state index in [9.17, 15) is 9.59 Å². The molecule has 0 bridgehead atoms. The molecule has 0 aliphatic carbocycles. The first-order valence-corrected chi connectivity index (χ1v) is 10.7. The van der Waals surface area contributed by atoms with Gasteiger partial charge in [0.05, 0.1) is 5.69 Å². The number of rotatable bonds is 5. The van der Waals surface area contributed by atoms with Crippen LogP contribution in [-0.2, 0) is 17.8 Å². The molecule has 1 aliphatic heterocycles. The average molecular weight is 459 g/mol. The standard InChI is InChI=1S/C20H19BrN4O2S/c21-15-3-1-13(2-4-15)16-11-17(24-23-16)20(27)22-8-5-19(26)25-9-6-18-14(12-25)7-10-28-18/h1-4,7,10-11H,5-6,8-9,12H2,(H,22,27)(H,23,24). The van der Waals surface area contributed by atoms with Crippen LogP contribution in [0.4, 0.5) is 0 Å². The van der Waals surface area contributed by atoms with E-state index in [1.54, 1.807) is 17.4 Å². The number of fused-ring (bicyclic) bond motifs is 1. The molecule has 0 saturated heterocycles. The van der Waals surface area contributed by atoms with Gasteiger partial charge in [0, 0.05) is 41.0 Å². The molecule has 144 valence electrons. The predicted molar refractivity (Wildman–Crippen MR) is 112 cm³/mol. The van der Waals surface area contributed by atoms with Crippen LogP contribution in [0, 0.1) is 0 Å². The second-order valence-corrected chi connectivity index (χ2v) is 8.53. The van der Waals surface area contributed by atoms with Gasteiger partial charge in [-0.25, -0.2) is 0 Å². The maximum Gasteiger partial charge on any atom is 0.269 e. The molecule has 2 N–H and O–H groups in total. The molecule has 0 spiro atoms. The fraction of sp³-hybridized carbons (Fsp3) is 0.250. The van der Waals surface area contributed by atoms with E-state index >= 15 is 0 Å². The first kappa shape index (κ1) is 18.9. The Morgan fingerprint density at radius 1 is 1.25 bits per heavy atom. The first-order chi connectivity index (χ1) is 13.6. The van der Waals surface area contributed by atoms with Crippen LogP contribution in [0.15, 0.2) is 46.3 Å². The van der Waals surface area contributed by atoms with Crippen LogP contribution in [0.5, 0.6) is 0 Å². The van der Waals surface area contributed by atoms with Gasteiger partial charge in [-0.15, -0.1) is 11.3 Å². The Labute approximate surface area is 175 Å². The van der Waals surface area contributed by atoms with Crippen LogP contribution in [0.25, 0.3) is 11.3 Å². The van der Waals surface area contributed by atoms with Gasteiger partial charge < -0.3 is 10.2 Å². The molecule has 8 heteroatoms. The Hall–Kier alpha value is -2.45. The average Bonchev–Trinajstić information content (AvgIpc) is 3.37. The van der Waals surface area contributed by atoms with Crippen LogP contribution < -0.4 is 5.32 Å². The minimum absolute atomic E-state index is 0.0670. The Bertz CT molecular complexity index is 996. The minimum Gasteiger partial charge on any atom is -0.350 e. The Kier molecular flexibility index (Phi) is 5.59. The molecule has 4 rings (SSSR count). The number of hydrogen-bond acceptors (Lipinski definition) is 4. The Balaban J connectivity index is 1.28. The number of thiophene rings is 1. The Morgan fingerprint density at radius 3 is 2.89 bits per heavy atom. The lowest BCUT2D eigenvalue weighted by atomic mass is 10.1. The quantitative estimate of drug-likeness (QED) is 0.612. The smallest absolute Gasteiger partial charge is 0.269 e. The van der Waals surface area contributed by atoms with Gasteiger partial charge in [0.1, 0.15) is 5.69 Å². The highest BCUT2D eigenvalue weighted by molar-refractivity contribution is 9.10. The lowest BCUT2D eigenvalue weighted by molar-refractivity contribution is -0.131. The van der Waals surface area contributed by atoms with E-state index in [1.165, 1.54) is 10.4 Å². The number of H-pyrrole nitrogens is 1. The number of aromatic nitrogens is 2. The molecular weight excluding hydrogens is 440 g/mol. The van der Waals surface area contributed by atoms with Crippen molar-refractivity contribution >= 4 is 39.1 Å². The van der Waals surface area contributed by atoms with Crippen LogP contribution in [0.1, 0.15) is 27.3 Å². The van der Waals surface area contributed by atoms with E-state index < -0.39 is 0 Å². The minimum atomic E-state index is -0.262. The maximum atomic E-state index is 12.4. The summed E-state index contributed by atoms with van der Waals surface area (Å²) in [5, 5.41) is 11.8. The molecule has 3 heterocycles. The van der Waals surface area contributed by atoms with Gasteiger partial charge in [0.15, 0.2) is 0 Å². The summed E-state index contributed by atoms with van der Waals surface area (Å²) >= 11 is 5.15. The molecular formula is C20H19BrN4O2S. The van der Waals surface area contributed by atoms with Gasteiger partial charge in [0.25, 0.3) is 5.91 Å². The van der Waals surface area contributed by atoms with Crippen molar-refractivity contribution < 1.29 is 9.59 Å². The number of benzene rings is 1. The van der Waals surface area contributed by atoms with Crippen LogP contribution in [-0.4, -0.2) is 40.0 Å². The number of nitrogens with zero attached hydrogens (tertiary/aromatic N) is 2. The highest BCUT2D eigenvalue weighted by Gasteiger charge is 2.21. The third kappa shape index (κ3) is 4.18. The molecule has 6 nitrogen and oxygen atoms in total. The lowest BCUT2D eigenvalue weighted by Crippen LogP contribution is -2.37. The van der Waals surface area contributed by atoms with Crippen molar-refractivity contribution in [2.45, 2.75) is 19.4 Å². The van der Waals surface area contributed by atoms with Crippen molar-refractivity contribution in [2.75, 3.05) is 13.1 Å². The number of amides is 2. The summed E-state index contributed by atoms with van der Waals surface area (Å²) in [5.74, 6) is -0.195. The summed E-state index contributed by atoms with van der Waals surface area (Å²) in [6.45, 7) is 1.72. The summed E-state index contributed by atoms with van der Waals surface area (Å²) in [6, 6.07) is 11.5. The van der Waals surface area contributed by atoms with Crippen LogP contribution in [0.3, 0.4) is 0 Å². The molecule has 0 radical (unpaired) electrons. The zero-order valence-electron chi connectivity index (χ0n) is 15.1. The summed E-state index contributed by atoms with van der Waals surface area (Å²) in [5.41, 5.74) is 3.25. The van der Waals surface area contributed by atoms with E-state index in [4.69, 9.17) is 0 Å². The molecule has 3 aromatic rings. The monoisotopic (exact) mass is 458 g/mol. The zero-order chi connectivity index (χ0) is 19.5. The molecule has 0 atom stereocenters. The molecule has 1 aliphatic rings. The van der Waals surface area contributed by atoms with Gasteiger partial charge in [-0.2, -0.15) is 5.10 Å². The summed E-state index contributed by atoms with van der Waals surface area (Å²) in [7, 11) is 0. The van der Waals surface area contributed by atoms with Gasteiger partial charge in [-0.05, 0) is 41.6 Å². The number of halogens is 1. The van der Waals surface area contributed by atoms with Crippen molar-refractivity contribution in [3.05, 3.63) is 62.4 Å². The zero-order valence-corrected chi connectivity index (χ0v) is 17.5. The van der Waals surface area contributed by atoms with Gasteiger partial charge in [-0.3, -0.25) is 14.7 Å². The van der Waals surface area contributed by atoms with E-state index in [1.807, 2.05) is 29.2 Å². The molecule has 2 amide bonds. The number of nitrogens with one attached hydrogen (secondary N) is 2. The molecule has 28 heavy (non-hydrogen) atoms. The van der Waals surface area contributed by atoms with E-state index in [-0.39, 0.29) is 11.8 Å². The summed E-state index contributed by atoms with van der Waals surface area (Å²) in [4.78, 5) is 28.0. The second kappa shape index (κ2) is 8.28.